The van der Waals surface area contributed by atoms with Crippen LogP contribution in [0.25, 0.3) is 10.9 Å². The summed E-state index contributed by atoms with van der Waals surface area (Å²) in [5, 5.41) is 0.881. The fraction of sp³-hybridized carbons (Fsp3) is 0.125. The molecule has 4 aromatic rings. The summed E-state index contributed by atoms with van der Waals surface area (Å²) in [4.78, 5) is 30.2. The lowest BCUT2D eigenvalue weighted by Gasteiger charge is -2.13. The summed E-state index contributed by atoms with van der Waals surface area (Å²) in [5.41, 5.74) is 2.45. The summed E-state index contributed by atoms with van der Waals surface area (Å²) in [6.07, 6.45) is 0. The highest BCUT2D eigenvalue weighted by molar-refractivity contribution is 7.99. The predicted molar refractivity (Wildman–Crippen MR) is 118 cm³/mol. The van der Waals surface area contributed by atoms with E-state index in [1.54, 1.807) is 24.3 Å². The second-order valence-corrected chi connectivity index (χ2v) is 8.07. The Morgan fingerprint density at radius 3 is 2.48 bits per heavy atom. The van der Waals surface area contributed by atoms with E-state index >= 15 is 0 Å². The first-order chi connectivity index (χ1) is 14.9. The van der Waals surface area contributed by atoms with Crippen LogP contribution < -0.4 is 5.56 Å². The Labute approximate surface area is 181 Å². The Bertz CT molecular complexity index is 1330. The van der Waals surface area contributed by atoms with Crippen molar-refractivity contribution >= 4 is 28.4 Å². The first-order valence-electron chi connectivity index (χ1n) is 9.58. The zero-order chi connectivity index (χ0) is 22.0. The van der Waals surface area contributed by atoms with Crippen LogP contribution in [0.5, 0.6) is 0 Å². The number of aryl methyl sites for hydroxylation is 1. The molecule has 0 fully saturated rings. The van der Waals surface area contributed by atoms with Crippen molar-refractivity contribution in [1.82, 2.24) is 9.55 Å². The quantitative estimate of drug-likeness (QED) is 0.242. The number of Topliss-reactive ketones (excluding diaryl/α,β-unsaturated/α-hetero) is 1. The number of carbonyl (C=O) groups excluding carboxylic acids is 1. The van der Waals surface area contributed by atoms with E-state index in [2.05, 4.69) is 4.98 Å². The Hall–Kier alpha value is -3.32. The van der Waals surface area contributed by atoms with Crippen molar-refractivity contribution in [3.8, 4) is 0 Å². The van der Waals surface area contributed by atoms with Gasteiger partial charge < -0.3 is 0 Å². The summed E-state index contributed by atoms with van der Waals surface area (Å²) in [6, 6.07) is 17.9. The molecule has 0 aliphatic carbocycles. The molecule has 31 heavy (non-hydrogen) atoms. The van der Waals surface area contributed by atoms with Gasteiger partial charge in [0.2, 0.25) is 0 Å². The molecular formula is C24H18F2N2O2S. The van der Waals surface area contributed by atoms with Gasteiger partial charge in [-0.25, -0.2) is 13.8 Å². The fourth-order valence-corrected chi connectivity index (χ4v) is 4.05. The van der Waals surface area contributed by atoms with Crippen molar-refractivity contribution in [3.05, 3.63) is 105 Å². The van der Waals surface area contributed by atoms with Crippen molar-refractivity contribution in [2.45, 2.75) is 18.6 Å². The molecule has 0 saturated carbocycles. The van der Waals surface area contributed by atoms with Gasteiger partial charge in [-0.15, -0.1) is 0 Å². The summed E-state index contributed by atoms with van der Waals surface area (Å²) in [7, 11) is 0. The Kier molecular flexibility index (Phi) is 5.95. The highest BCUT2D eigenvalue weighted by Gasteiger charge is 2.15. The number of hydrogen-bond donors (Lipinski definition) is 0. The van der Waals surface area contributed by atoms with E-state index in [4.69, 9.17) is 0 Å². The predicted octanol–water partition coefficient (Wildman–Crippen LogP) is 5.01. The average Bonchev–Trinajstić information content (AvgIpc) is 2.77. The van der Waals surface area contributed by atoms with Gasteiger partial charge in [-0.2, -0.15) is 0 Å². The maximum absolute atomic E-state index is 13.5. The van der Waals surface area contributed by atoms with E-state index in [9.17, 15) is 18.4 Å². The SMILES string of the molecule is Cc1ccc(Cn2c(SCC(=O)c3ccc(F)c(F)c3)nc3ccccc3c2=O)cc1. The second-order valence-electron chi connectivity index (χ2n) is 7.13. The first-order valence-corrected chi connectivity index (χ1v) is 10.6. The molecule has 1 aromatic heterocycles. The second kappa shape index (κ2) is 8.81. The van der Waals surface area contributed by atoms with Crippen molar-refractivity contribution in [3.63, 3.8) is 0 Å². The summed E-state index contributed by atoms with van der Waals surface area (Å²) in [6.45, 7) is 2.29. The Balaban J connectivity index is 1.68. The zero-order valence-corrected chi connectivity index (χ0v) is 17.5. The number of hydrogen-bond acceptors (Lipinski definition) is 4. The van der Waals surface area contributed by atoms with Crippen LogP contribution in [0.1, 0.15) is 21.5 Å². The lowest BCUT2D eigenvalue weighted by atomic mass is 10.1. The molecule has 0 atom stereocenters. The lowest BCUT2D eigenvalue weighted by molar-refractivity contribution is 0.102. The third kappa shape index (κ3) is 4.56. The molecule has 0 amide bonds. The smallest absolute Gasteiger partial charge is 0.262 e. The summed E-state index contributed by atoms with van der Waals surface area (Å²) < 4.78 is 28.2. The number of aromatic nitrogens is 2. The molecule has 0 unspecified atom stereocenters. The van der Waals surface area contributed by atoms with Crippen LogP contribution in [0.3, 0.4) is 0 Å². The number of ketones is 1. The van der Waals surface area contributed by atoms with Gasteiger partial charge in [0.05, 0.1) is 23.2 Å². The minimum atomic E-state index is -1.07. The van der Waals surface area contributed by atoms with Gasteiger partial charge in [-0.1, -0.05) is 53.7 Å². The number of carbonyl (C=O) groups is 1. The molecule has 156 valence electrons. The van der Waals surface area contributed by atoms with E-state index in [1.807, 2.05) is 31.2 Å². The van der Waals surface area contributed by atoms with Crippen LogP contribution in [-0.4, -0.2) is 21.1 Å². The van der Waals surface area contributed by atoms with Crippen LogP contribution in [-0.2, 0) is 6.54 Å². The summed E-state index contributed by atoms with van der Waals surface area (Å²) >= 11 is 1.10. The molecule has 3 aromatic carbocycles. The van der Waals surface area contributed by atoms with E-state index in [0.717, 1.165) is 35.0 Å². The molecule has 0 N–H and O–H groups in total. The maximum atomic E-state index is 13.5. The topological polar surface area (TPSA) is 52.0 Å². The standard InChI is InChI=1S/C24H18F2N2O2S/c1-15-6-8-16(9-7-15)13-28-23(30)18-4-2-3-5-21(18)27-24(28)31-14-22(29)17-10-11-19(25)20(26)12-17/h2-12H,13-14H2,1H3. The molecule has 0 radical (unpaired) electrons. The molecule has 0 bridgehead atoms. The normalized spacial score (nSPS) is 11.1. The molecule has 1 heterocycles. The lowest BCUT2D eigenvalue weighted by Crippen LogP contribution is -2.24. The third-order valence-corrected chi connectivity index (χ3v) is 5.84. The molecule has 4 rings (SSSR count). The number of nitrogens with zero attached hydrogens (tertiary/aromatic N) is 2. The molecule has 0 aliphatic rings. The van der Waals surface area contributed by atoms with Gasteiger partial charge in [0.15, 0.2) is 22.6 Å². The number of halogens is 2. The van der Waals surface area contributed by atoms with Gasteiger partial charge in [-0.3, -0.25) is 14.2 Å². The van der Waals surface area contributed by atoms with Gasteiger partial charge in [0, 0.05) is 5.56 Å². The van der Waals surface area contributed by atoms with Gasteiger partial charge in [-0.05, 0) is 42.8 Å². The fourth-order valence-electron chi connectivity index (χ4n) is 3.16. The van der Waals surface area contributed by atoms with Gasteiger partial charge in [0.1, 0.15) is 0 Å². The number of para-hydroxylation sites is 1. The number of rotatable bonds is 6. The van der Waals surface area contributed by atoms with E-state index in [1.165, 1.54) is 10.6 Å². The van der Waals surface area contributed by atoms with Crippen molar-refractivity contribution in [1.29, 1.82) is 0 Å². The number of thioether (sulfide) groups is 1. The molecule has 0 spiro atoms. The monoisotopic (exact) mass is 436 g/mol. The zero-order valence-electron chi connectivity index (χ0n) is 16.6. The van der Waals surface area contributed by atoms with E-state index < -0.39 is 11.6 Å². The van der Waals surface area contributed by atoms with Crippen LogP contribution in [0.4, 0.5) is 8.78 Å². The van der Waals surface area contributed by atoms with Crippen LogP contribution in [0.15, 0.2) is 76.7 Å². The minimum Gasteiger partial charge on any atom is -0.293 e. The first kappa shape index (κ1) is 20.9. The highest BCUT2D eigenvalue weighted by atomic mass is 32.2. The average molecular weight is 436 g/mol. The summed E-state index contributed by atoms with van der Waals surface area (Å²) in [5.74, 6) is -2.53. The molecule has 0 saturated heterocycles. The van der Waals surface area contributed by atoms with Gasteiger partial charge in [0.25, 0.3) is 5.56 Å². The molecular weight excluding hydrogens is 418 g/mol. The van der Waals surface area contributed by atoms with E-state index in [0.29, 0.717) is 22.6 Å². The Morgan fingerprint density at radius 2 is 1.74 bits per heavy atom. The highest BCUT2D eigenvalue weighted by Crippen LogP contribution is 2.21. The van der Waals surface area contributed by atoms with Crippen LogP contribution >= 0.6 is 11.8 Å². The molecule has 0 aliphatic heterocycles. The molecule has 4 nitrogen and oxygen atoms in total. The third-order valence-electron chi connectivity index (χ3n) is 4.86. The van der Waals surface area contributed by atoms with Crippen LogP contribution in [0.2, 0.25) is 0 Å². The number of benzene rings is 3. The number of fused-ring (bicyclic) bond motifs is 1. The van der Waals surface area contributed by atoms with Gasteiger partial charge >= 0.3 is 0 Å². The molecule has 7 heteroatoms. The van der Waals surface area contributed by atoms with Crippen LogP contribution in [0, 0.1) is 18.6 Å². The minimum absolute atomic E-state index is 0.0657. The van der Waals surface area contributed by atoms with Crippen molar-refractivity contribution in [2.24, 2.45) is 0 Å². The largest absolute Gasteiger partial charge is 0.293 e. The van der Waals surface area contributed by atoms with Crippen molar-refractivity contribution in [2.75, 3.05) is 5.75 Å². The maximum Gasteiger partial charge on any atom is 0.262 e. The van der Waals surface area contributed by atoms with E-state index in [-0.39, 0.29) is 22.7 Å². The van der Waals surface area contributed by atoms with Crippen molar-refractivity contribution < 1.29 is 13.6 Å². The Morgan fingerprint density at radius 1 is 1.00 bits per heavy atom.